The maximum absolute atomic E-state index is 12.2. The van der Waals surface area contributed by atoms with Crippen LogP contribution in [-0.2, 0) is 9.53 Å². The van der Waals surface area contributed by atoms with Gasteiger partial charge < -0.3 is 15.0 Å². The first-order chi connectivity index (χ1) is 8.70. The third kappa shape index (κ3) is 3.45. The highest BCUT2D eigenvalue weighted by Gasteiger charge is 2.29. The molecule has 2 fully saturated rings. The third-order valence-electron chi connectivity index (χ3n) is 4.31. The van der Waals surface area contributed by atoms with Crippen LogP contribution in [0.1, 0.15) is 39.0 Å². The van der Waals surface area contributed by atoms with Crippen LogP contribution in [0, 0.1) is 5.92 Å². The highest BCUT2D eigenvalue weighted by atomic mass is 16.5. The minimum absolute atomic E-state index is 0.170. The van der Waals surface area contributed by atoms with Crippen LogP contribution in [0.25, 0.3) is 0 Å². The van der Waals surface area contributed by atoms with E-state index in [2.05, 4.69) is 12.2 Å². The number of carbonyl (C=O) groups is 1. The minimum Gasteiger partial charge on any atom is -0.378 e. The van der Waals surface area contributed by atoms with Gasteiger partial charge in [-0.3, -0.25) is 4.79 Å². The second-order valence-electron chi connectivity index (χ2n) is 5.69. The molecule has 2 aliphatic rings. The Morgan fingerprint density at radius 1 is 1.39 bits per heavy atom. The summed E-state index contributed by atoms with van der Waals surface area (Å²) < 4.78 is 5.65. The summed E-state index contributed by atoms with van der Waals surface area (Å²) in [5.41, 5.74) is 0. The first-order valence-electron chi connectivity index (χ1n) is 7.27. The number of rotatable bonds is 3. The van der Waals surface area contributed by atoms with Crippen molar-refractivity contribution in [2.75, 3.05) is 26.7 Å². The first kappa shape index (κ1) is 13.8. The topological polar surface area (TPSA) is 41.6 Å². The standard InChI is InChI=1S/C14H26N2O2/c1-11-10-16(7-6-13(11)15-2)14(17)9-12-5-3-4-8-18-12/h11-13,15H,3-10H2,1-2H3. The number of nitrogens with one attached hydrogen (secondary N) is 1. The predicted molar refractivity (Wildman–Crippen MR) is 71.4 cm³/mol. The molecule has 2 saturated heterocycles. The zero-order chi connectivity index (χ0) is 13.0. The van der Waals surface area contributed by atoms with E-state index in [9.17, 15) is 4.79 Å². The molecule has 3 atom stereocenters. The smallest absolute Gasteiger partial charge is 0.225 e. The number of ether oxygens (including phenoxy) is 1. The zero-order valence-electron chi connectivity index (χ0n) is 11.7. The number of piperidine rings is 1. The van der Waals surface area contributed by atoms with Crippen molar-refractivity contribution in [3.63, 3.8) is 0 Å². The molecular weight excluding hydrogens is 228 g/mol. The molecule has 3 unspecified atom stereocenters. The van der Waals surface area contributed by atoms with Crippen molar-refractivity contribution >= 4 is 5.91 Å². The molecule has 2 rings (SSSR count). The van der Waals surface area contributed by atoms with Gasteiger partial charge >= 0.3 is 0 Å². The number of amides is 1. The van der Waals surface area contributed by atoms with Crippen LogP contribution in [0.2, 0.25) is 0 Å². The molecule has 0 radical (unpaired) electrons. The molecular formula is C14H26N2O2. The van der Waals surface area contributed by atoms with Crippen molar-refractivity contribution < 1.29 is 9.53 Å². The molecule has 0 bridgehead atoms. The van der Waals surface area contributed by atoms with Gasteiger partial charge in [-0.1, -0.05) is 6.92 Å². The van der Waals surface area contributed by atoms with E-state index in [4.69, 9.17) is 4.74 Å². The summed E-state index contributed by atoms with van der Waals surface area (Å²) >= 11 is 0. The highest BCUT2D eigenvalue weighted by molar-refractivity contribution is 5.76. The second kappa shape index (κ2) is 6.53. The summed E-state index contributed by atoms with van der Waals surface area (Å²) in [6.07, 6.45) is 5.22. The molecule has 4 nitrogen and oxygen atoms in total. The van der Waals surface area contributed by atoms with Crippen LogP contribution in [0.15, 0.2) is 0 Å². The molecule has 0 spiro atoms. The van der Waals surface area contributed by atoms with Crippen LogP contribution < -0.4 is 5.32 Å². The van der Waals surface area contributed by atoms with Gasteiger partial charge in [0.1, 0.15) is 0 Å². The van der Waals surface area contributed by atoms with E-state index in [1.54, 1.807) is 0 Å². The lowest BCUT2D eigenvalue weighted by Crippen LogP contribution is -2.49. The van der Waals surface area contributed by atoms with E-state index in [0.29, 0.717) is 18.4 Å². The Morgan fingerprint density at radius 3 is 2.83 bits per heavy atom. The normalized spacial score (nSPS) is 33.4. The second-order valence-corrected chi connectivity index (χ2v) is 5.69. The molecule has 2 heterocycles. The Bertz CT molecular complexity index is 277. The lowest BCUT2D eigenvalue weighted by molar-refractivity contribution is -0.137. The fourth-order valence-electron chi connectivity index (χ4n) is 3.09. The van der Waals surface area contributed by atoms with Gasteiger partial charge in [-0.15, -0.1) is 0 Å². The Morgan fingerprint density at radius 2 is 2.22 bits per heavy atom. The Hall–Kier alpha value is -0.610. The fourth-order valence-corrected chi connectivity index (χ4v) is 3.09. The van der Waals surface area contributed by atoms with Gasteiger partial charge in [0.15, 0.2) is 0 Å². The largest absolute Gasteiger partial charge is 0.378 e. The number of nitrogens with zero attached hydrogens (tertiary/aromatic N) is 1. The van der Waals surface area contributed by atoms with E-state index in [1.165, 1.54) is 6.42 Å². The molecule has 0 aromatic rings. The Labute approximate surface area is 110 Å². The van der Waals surface area contributed by atoms with E-state index in [1.807, 2.05) is 11.9 Å². The highest BCUT2D eigenvalue weighted by Crippen LogP contribution is 2.20. The molecule has 4 heteroatoms. The van der Waals surface area contributed by atoms with Crippen molar-refractivity contribution in [1.82, 2.24) is 10.2 Å². The van der Waals surface area contributed by atoms with Gasteiger partial charge in [0.2, 0.25) is 5.91 Å². The van der Waals surface area contributed by atoms with Gasteiger partial charge in [0.25, 0.3) is 0 Å². The quantitative estimate of drug-likeness (QED) is 0.828. The summed E-state index contributed by atoms with van der Waals surface area (Å²) in [5.74, 6) is 0.822. The average Bonchev–Trinajstić information content (AvgIpc) is 2.39. The minimum atomic E-state index is 0.170. The molecule has 18 heavy (non-hydrogen) atoms. The maximum Gasteiger partial charge on any atom is 0.225 e. The number of likely N-dealkylation sites (tertiary alicyclic amines) is 1. The zero-order valence-corrected chi connectivity index (χ0v) is 11.7. The molecule has 1 N–H and O–H groups in total. The average molecular weight is 254 g/mol. The maximum atomic E-state index is 12.2. The van der Waals surface area contributed by atoms with Crippen molar-refractivity contribution in [3.05, 3.63) is 0 Å². The van der Waals surface area contributed by atoms with Gasteiger partial charge in [-0.05, 0) is 38.6 Å². The molecule has 2 aliphatic heterocycles. The number of hydrogen-bond acceptors (Lipinski definition) is 3. The van der Waals surface area contributed by atoms with Crippen LogP contribution in [0.4, 0.5) is 0 Å². The van der Waals surface area contributed by atoms with Gasteiger partial charge in [0.05, 0.1) is 12.5 Å². The van der Waals surface area contributed by atoms with Crippen LogP contribution in [0.3, 0.4) is 0 Å². The van der Waals surface area contributed by atoms with E-state index in [-0.39, 0.29) is 12.0 Å². The SMILES string of the molecule is CNC1CCN(C(=O)CC2CCCCO2)CC1C. The fraction of sp³-hybridized carbons (Fsp3) is 0.929. The summed E-state index contributed by atoms with van der Waals surface area (Å²) in [5, 5.41) is 3.33. The van der Waals surface area contributed by atoms with Crippen LogP contribution >= 0.6 is 0 Å². The summed E-state index contributed by atoms with van der Waals surface area (Å²) in [4.78, 5) is 14.3. The van der Waals surface area contributed by atoms with E-state index >= 15 is 0 Å². The molecule has 0 aromatic heterocycles. The molecule has 104 valence electrons. The lowest BCUT2D eigenvalue weighted by Gasteiger charge is -2.37. The summed E-state index contributed by atoms with van der Waals surface area (Å²) in [6.45, 7) is 4.83. The van der Waals surface area contributed by atoms with Gasteiger partial charge in [-0.25, -0.2) is 0 Å². The summed E-state index contributed by atoms with van der Waals surface area (Å²) in [6, 6.07) is 0.556. The van der Waals surface area contributed by atoms with Gasteiger partial charge in [-0.2, -0.15) is 0 Å². The van der Waals surface area contributed by atoms with Crippen molar-refractivity contribution in [2.45, 2.75) is 51.2 Å². The Kier molecular flexibility index (Phi) is 5.01. The van der Waals surface area contributed by atoms with Gasteiger partial charge in [0, 0.05) is 25.7 Å². The van der Waals surface area contributed by atoms with Crippen molar-refractivity contribution in [2.24, 2.45) is 5.92 Å². The Balaban J connectivity index is 1.79. The van der Waals surface area contributed by atoms with Crippen LogP contribution in [0.5, 0.6) is 0 Å². The van der Waals surface area contributed by atoms with E-state index in [0.717, 1.165) is 39.0 Å². The molecule has 0 saturated carbocycles. The third-order valence-corrected chi connectivity index (χ3v) is 4.31. The molecule has 0 aromatic carbocycles. The number of carbonyl (C=O) groups excluding carboxylic acids is 1. The number of hydrogen-bond donors (Lipinski definition) is 1. The van der Waals surface area contributed by atoms with E-state index < -0.39 is 0 Å². The van der Waals surface area contributed by atoms with Crippen molar-refractivity contribution in [1.29, 1.82) is 0 Å². The first-order valence-corrected chi connectivity index (χ1v) is 7.27. The molecule has 0 aliphatic carbocycles. The van der Waals surface area contributed by atoms with Crippen LogP contribution in [-0.4, -0.2) is 49.7 Å². The molecule has 1 amide bonds. The lowest BCUT2D eigenvalue weighted by atomic mass is 9.93. The summed E-state index contributed by atoms with van der Waals surface area (Å²) in [7, 11) is 2.01. The van der Waals surface area contributed by atoms with Crippen molar-refractivity contribution in [3.8, 4) is 0 Å². The monoisotopic (exact) mass is 254 g/mol. The predicted octanol–water partition coefficient (Wildman–Crippen LogP) is 1.40.